The molecule has 5 rings (SSSR count). The summed E-state index contributed by atoms with van der Waals surface area (Å²) in [5.41, 5.74) is 0.878. The Labute approximate surface area is 138 Å². The summed E-state index contributed by atoms with van der Waals surface area (Å²) in [5, 5.41) is 7.36. The summed E-state index contributed by atoms with van der Waals surface area (Å²) in [6.07, 6.45) is 4.77. The van der Waals surface area contributed by atoms with E-state index in [4.69, 9.17) is 4.74 Å². The van der Waals surface area contributed by atoms with Crippen LogP contribution in [-0.2, 0) is 14.3 Å². The van der Waals surface area contributed by atoms with E-state index in [2.05, 4.69) is 5.10 Å². The Kier molecular flexibility index (Phi) is 2.76. The largest absolute Gasteiger partial charge is 0.365 e. The third kappa shape index (κ3) is 1.76. The van der Waals surface area contributed by atoms with E-state index >= 15 is 0 Å². The molecule has 0 aliphatic carbocycles. The van der Waals surface area contributed by atoms with Crippen LogP contribution in [0.3, 0.4) is 0 Å². The Hall–Kier alpha value is -2.79. The number of carbonyl (C=O) groups excluding carboxylic acids is 2. The molecule has 4 atom stereocenters. The van der Waals surface area contributed by atoms with Gasteiger partial charge in [0.05, 0.1) is 30.3 Å². The van der Waals surface area contributed by atoms with Gasteiger partial charge in [-0.25, -0.2) is 0 Å². The van der Waals surface area contributed by atoms with Crippen molar-refractivity contribution in [1.82, 2.24) is 5.01 Å². The highest BCUT2D eigenvalue weighted by molar-refractivity contribution is 6.08. The summed E-state index contributed by atoms with van der Waals surface area (Å²) in [7, 11) is 0. The highest BCUT2D eigenvalue weighted by Crippen LogP contribution is 2.45. The molecule has 0 spiro atoms. The first-order valence-electron chi connectivity index (χ1n) is 7.97. The predicted octanol–water partition coefficient (Wildman–Crippen LogP) is 2.11. The molecule has 2 aromatic rings. The summed E-state index contributed by atoms with van der Waals surface area (Å²) in [5.74, 6) is -1.37. The second kappa shape index (κ2) is 4.85. The molecule has 0 aromatic heterocycles. The molecule has 2 fully saturated rings. The van der Waals surface area contributed by atoms with E-state index in [-0.39, 0.29) is 24.0 Å². The zero-order valence-corrected chi connectivity index (χ0v) is 12.7. The minimum atomic E-state index is -0.419. The summed E-state index contributed by atoms with van der Waals surface area (Å²) in [4.78, 5) is 25.1. The van der Waals surface area contributed by atoms with Gasteiger partial charge >= 0.3 is 0 Å². The lowest BCUT2D eigenvalue weighted by molar-refractivity contribution is -0.142. The lowest BCUT2D eigenvalue weighted by Crippen LogP contribution is -2.30. The number of amides is 2. The van der Waals surface area contributed by atoms with Gasteiger partial charge in [0.15, 0.2) is 0 Å². The highest BCUT2D eigenvalue weighted by Gasteiger charge is 2.61. The molecule has 5 heteroatoms. The fraction of sp³-hybridized carbons (Fsp3) is 0.211. The number of benzene rings is 2. The molecular formula is C19H14N2O3. The fourth-order valence-electron chi connectivity index (χ4n) is 3.88. The van der Waals surface area contributed by atoms with E-state index < -0.39 is 11.8 Å². The van der Waals surface area contributed by atoms with Gasteiger partial charge in [0, 0.05) is 5.56 Å². The maximum absolute atomic E-state index is 12.5. The SMILES string of the molecule is O=C1C2C3C=CC(O3)C2C(=O)N1/N=C/c1cccc2ccccc12. The summed E-state index contributed by atoms with van der Waals surface area (Å²) >= 11 is 0. The van der Waals surface area contributed by atoms with E-state index in [1.807, 2.05) is 54.6 Å². The number of rotatable bonds is 2. The van der Waals surface area contributed by atoms with Crippen LogP contribution >= 0.6 is 0 Å². The fourth-order valence-corrected chi connectivity index (χ4v) is 3.88. The van der Waals surface area contributed by atoms with Gasteiger partial charge in [0.1, 0.15) is 0 Å². The average molecular weight is 318 g/mol. The van der Waals surface area contributed by atoms with Gasteiger partial charge in [-0.1, -0.05) is 54.6 Å². The molecule has 3 heterocycles. The van der Waals surface area contributed by atoms with Crippen LogP contribution in [-0.4, -0.2) is 35.2 Å². The van der Waals surface area contributed by atoms with Crippen molar-refractivity contribution in [2.75, 3.05) is 0 Å². The first kappa shape index (κ1) is 13.6. The Balaban J connectivity index is 1.49. The highest BCUT2D eigenvalue weighted by atomic mass is 16.5. The molecule has 5 nitrogen and oxygen atoms in total. The van der Waals surface area contributed by atoms with Gasteiger partial charge in [-0.05, 0) is 10.8 Å². The molecule has 3 aliphatic rings. The molecule has 0 N–H and O–H groups in total. The molecule has 3 aliphatic heterocycles. The van der Waals surface area contributed by atoms with E-state index in [9.17, 15) is 9.59 Å². The van der Waals surface area contributed by atoms with Crippen molar-refractivity contribution >= 4 is 28.8 Å². The predicted molar refractivity (Wildman–Crippen MR) is 88.2 cm³/mol. The number of imide groups is 1. The van der Waals surface area contributed by atoms with E-state index in [0.29, 0.717) is 0 Å². The van der Waals surface area contributed by atoms with Gasteiger partial charge in [-0.3, -0.25) is 9.59 Å². The first-order valence-corrected chi connectivity index (χ1v) is 7.97. The monoisotopic (exact) mass is 318 g/mol. The van der Waals surface area contributed by atoms with E-state index in [1.165, 1.54) is 0 Å². The number of hydrogen-bond acceptors (Lipinski definition) is 4. The quantitative estimate of drug-likeness (QED) is 0.484. The third-order valence-electron chi connectivity index (χ3n) is 5.02. The zero-order chi connectivity index (χ0) is 16.3. The number of nitrogens with zero attached hydrogens (tertiary/aromatic N) is 2. The Bertz CT molecular complexity index is 898. The van der Waals surface area contributed by atoms with Crippen LogP contribution in [0.5, 0.6) is 0 Å². The van der Waals surface area contributed by atoms with Gasteiger partial charge in [-0.15, -0.1) is 0 Å². The molecule has 0 radical (unpaired) electrons. The van der Waals surface area contributed by atoms with Crippen molar-refractivity contribution in [2.24, 2.45) is 16.9 Å². The maximum atomic E-state index is 12.5. The average Bonchev–Trinajstić information content (AvgIpc) is 3.28. The van der Waals surface area contributed by atoms with Crippen LogP contribution in [0.15, 0.2) is 59.7 Å². The number of hydrogen-bond donors (Lipinski definition) is 0. The van der Waals surface area contributed by atoms with Crippen molar-refractivity contribution in [3.05, 3.63) is 60.2 Å². The van der Waals surface area contributed by atoms with Crippen LogP contribution in [0.2, 0.25) is 0 Å². The molecule has 2 amide bonds. The molecule has 0 saturated carbocycles. The summed E-state index contributed by atoms with van der Waals surface area (Å²) < 4.78 is 5.62. The third-order valence-corrected chi connectivity index (χ3v) is 5.02. The van der Waals surface area contributed by atoms with Gasteiger partial charge in [-0.2, -0.15) is 10.1 Å². The van der Waals surface area contributed by atoms with E-state index in [1.54, 1.807) is 6.21 Å². The number of hydrazone groups is 1. The second-order valence-electron chi connectivity index (χ2n) is 6.30. The van der Waals surface area contributed by atoms with E-state index in [0.717, 1.165) is 21.3 Å². The molecule has 4 unspecified atom stereocenters. The van der Waals surface area contributed by atoms with Crippen molar-refractivity contribution in [2.45, 2.75) is 12.2 Å². The molecular weight excluding hydrogens is 304 g/mol. The zero-order valence-electron chi connectivity index (χ0n) is 12.7. The van der Waals surface area contributed by atoms with Crippen molar-refractivity contribution < 1.29 is 14.3 Å². The number of carbonyl (C=O) groups is 2. The van der Waals surface area contributed by atoms with Crippen molar-refractivity contribution in [3.8, 4) is 0 Å². The Morgan fingerprint density at radius 3 is 2.33 bits per heavy atom. The maximum Gasteiger partial charge on any atom is 0.256 e. The first-order chi connectivity index (χ1) is 11.7. The van der Waals surface area contributed by atoms with Crippen molar-refractivity contribution in [1.29, 1.82) is 0 Å². The lowest BCUT2D eigenvalue weighted by Gasteiger charge is -2.11. The molecule has 118 valence electrons. The summed E-state index contributed by atoms with van der Waals surface area (Å²) in [6.45, 7) is 0. The molecule has 2 aromatic carbocycles. The second-order valence-corrected chi connectivity index (χ2v) is 6.30. The molecule has 2 bridgehead atoms. The topological polar surface area (TPSA) is 59.0 Å². The minimum absolute atomic E-state index is 0.265. The number of ether oxygens (including phenoxy) is 1. The lowest BCUT2D eigenvalue weighted by atomic mass is 9.85. The molecule has 2 saturated heterocycles. The summed E-state index contributed by atoms with van der Waals surface area (Å²) in [6, 6.07) is 13.8. The van der Waals surface area contributed by atoms with Crippen LogP contribution in [0.4, 0.5) is 0 Å². The minimum Gasteiger partial charge on any atom is -0.365 e. The Morgan fingerprint density at radius 2 is 1.58 bits per heavy atom. The number of fused-ring (bicyclic) bond motifs is 6. The van der Waals surface area contributed by atoms with Gasteiger partial charge < -0.3 is 4.74 Å². The van der Waals surface area contributed by atoms with Crippen LogP contribution in [0.25, 0.3) is 10.8 Å². The standard InChI is InChI=1S/C19H14N2O3/c22-18-16-14-8-9-15(24-14)17(16)19(23)21(18)20-10-12-6-3-5-11-4-1-2-7-13(11)12/h1-10,14-17H/b20-10+. The van der Waals surface area contributed by atoms with Crippen LogP contribution in [0, 0.1) is 11.8 Å². The van der Waals surface area contributed by atoms with Gasteiger partial charge in [0.25, 0.3) is 11.8 Å². The Morgan fingerprint density at radius 1 is 0.917 bits per heavy atom. The van der Waals surface area contributed by atoms with Crippen molar-refractivity contribution in [3.63, 3.8) is 0 Å². The normalized spacial score (nSPS) is 30.9. The van der Waals surface area contributed by atoms with Gasteiger partial charge in [0.2, 0.25) is 0 Å². The van der Waals surface area contributed by atoms with Crippen LogP contribution in [0.1, 0.15) is 5.56 Å². The van der Waals surface area contributed by atoms with Crippen LogP contribution < -0.4 is 0 Å². The molecule has 24 heavy (non-hydrogen) atoms. The smallest absolute Gasteiger partial charge is 0.256 e.